The van der Waals surface area contributed by atoms with E-state index in [0.29, 0.717) is 42.6 Å². The molecule has 3 aliphatic rings. The fourth-order valence-corrected chi connectivity index (χ4v) is 6.93. The van der Waals surface area contributed by atoms with E-state index in [2.05, 4.69) is 38.6 Å². The van der Waals surface area contributed by atoms with Gasteiger partial charge < -0.3 is 24.6 Å². The van der Waals surface area contributed by atoms with Crippen LogP contribution >= 0.6 is 0 Å². The number of nitrogens with zero attached hydrogens (tertiary/aromatic N) is 5. The average molecular weight is 579 g/mol. The monoisotopic (exact) mass is 578 g/mol. The number of ether oxygens (including phenoxy) is 1. The molecule has 1 aromatic carbocycles. The SMILES string of the molecule is CC(C)n1c(CN2CCC[C@@]3(CCN(C)C3=O)C2)cc(=O)c2ccc(-c3nc(N[C@@H]4CCOC[C@H]4O)ncc3F)cc21. The van der Waals surface area contributed by atoms with Gasteiger partial charge in [0.2, 0.25) is 11.9 Å². The molecule has 3 aliphatic heterocycles. The van der Waals surface area contributed by atoms with Crippen LogP contribution < -0.4 is 10.7 Å². The molecule has 0 unspecified atom stereocenters. The number of piperidine rings is 1. The summed E-state index contributed by atoms with van der Waals surface area (Å²) in [5.74, 6) is -0.130. The number of carbonyl (C=O) groups is 1. The van der Waals surface area contributed by atoms with Crippen LogP contribution in [0.5, 0.6) is 0 Å². The Kier molecular flexibility index (Phi) is 7.75. The number of aliphatic hydroxyl groups is 1. The number of nitrogens with one attached hydrogen (secondary N) is 1. The lowest BCUT2D eigenvalue weighted by Gasteiger charge is -2.39. The Labute approximate surface area is 244 Å². The van der Waals surface area contributed by atoms with Gasteiger partial charge in [-0.3, -0.25) is 14.5 Å². The Morgan fingerprint density at radius 3 is 2.79 bits per heavy atom. The standard InChI is InChI=1S/C31H39FN6O4/c1-19(2)38-21(16-37-10-4-8-31(18-37)9-11-36(3)29(31)41)14-26(39)22-6-5-20(13-25(22)38)28-23(32)15-33-30(35-28)34-24-7-12-42-17-27(24)40/h5-6,13-15,19,24,27,40H,4,7-12,16-18H2,1-3H3,(H,33,34,35)/t24-,27-,31-/m1/s1. The summed E-state index contributed by atoms with van der Waals surface area (Å²) in [5, 5.41) is 13.9. The minimum absolute atomic E-state index is 0.0267. The molecule has 3 fully saturated rings. The lowest BCUT2D eigenvalue weighted by atomic mass is 9.78. The second kappa shape index (κ2) is 11.3. The van der Waals surface area contributed by atoms with Crippen LogP contribution in [0.1, 0.15) is 51.3 Å². The van der Waals surface area contributed by atoms with Crippen LogP contribution in [0.4, 0.5) is 10.3 Å². The third kappa shape index (κ3) is 5.29. The van der Waals surface area contributed by atoms with E-state index in [1.807, 2.05) is 18.0 Å². The van der Waals surface area contributed by atoms with Crippen molar-refractivity contribution >= 4 is 22.8 Å². The Balaban J connectivity index is 1.35. The lowest BCUT2D eigenvalue weighted by molar-refractivity contribution is -0.137. The second-order valence-electron chi connectivity index (χ2n) is 12.3. The molecule has 0 radical (unpaired) electrons. The Morgan fingerprint density at radius 2 is 2.05 bits per heavy atom. The van der Waals surface area contributed by atoms with E-state index in [4.69, 9.17) is 4.74 Å². The molecule has 2 N–H and O–H groups in total. The molecule has 3 aromatic rings. The van der Waals surface area contributed by atoms with Gasteiger partial charge in [-0.05, 0) is 58.2 Å². The Morgan fingerprint density at radius 1 is 1.21 bits per heavy atom. The normalized spacial score (nSPS) is 25.2. The number of hydrogen-bond acceptors (Lipinski definition) is 8. The van der Waals surface area contributed by atoms with Crippen LogP contribution in [0.3, 0.4) is 0 Å². The van der Waals surface area contributed by atoms with E-state index in [1.165, 1.54) is 0 Å². The van der Waals surface area contributed by atoms with Gasteiger partial charge in [0.1, 0.15) is 5.69 Å². The fraction of sp³-hybridized carbons (Fsp3) is 0.548. The van der Waals surface area contributed by atoms with Crippen LogP contribution in [0.15, 0.2) is 35.3 Å². The predicted octanol–water partition coefficient (Wildman–Crippen LogP) is 3.18. The maximum Gasteiger partial charge on any atom is 0.229 e. The number of halogens is 1. The Bertz CT molecular complexity index is 1560. The van der Waals surface area contributed by atoms with Gasteiger partial charge in [-0.1, -0.05) is 6.07 Å². The van der Waals surface area contributed by atoms with Gasteiger partial charge in [-0.2, -0.15) is 0 Å². The van der Waals surface area contributed by atoms with E-state index >= 15 is 4.39 Å². The summed E-state index contributed by atoms with van der Waals surface area (Å²) in [6.45, 7) is 7.76. The number of fused-ring (bicyclic) bond motifs is 1. The molecule has 1 spiro atoms. The van der Waals surface area contributed by atoms with Gasteiger partial charge >= 0.3 is 0 Å². The third-order valence-corrected chi connectivity index (χ3v) is 9.07. The highest BCUT2D eigenvalue weighted by Crippen LogP contribution is 2.40. The molecule has 2 aromatic heterocycles. The fourth-order valence-electron chi connectivity index (χ4n) is 6.93. The highest BCUT2D eigenvalue weighted by Gasteiger charge is 2.47. The van der Waals surface area contributed by atoms with Crippen LogP contribution in [0.25, 0.3) is 22.2 Å². The topological polar surface area (TPSA) is 113 Å². The number of benzene rings is 1. The maximum atomic E-state index is 15.1. The first-order valence-corrected chi connectivity index (χ1v) is 14.9. The molecule has 5 heterocycles. The van der Waals surface area contributed by atoms with Crippen LogP contribution in [0.2, 0.25) is 0 Å². The summed E-state index contributed by atoms with van der Waals surface area (Å²) >= 11 is 0. The third-order valence-electron chi connectivity index (χ3n) is 9.07. The number of amides is 1. The highest BCUT2D eigenvalue weighted by molar-refractivity contribution is 5.85. The number of rotatable bonds is 6. The molecule has 11 heteroatoms. The summed E-state index contributed by atoms with van der Waals surface area (Å²) in [6, 6.07) is 6.71. The highest BCUT2D eigenvalue weighted by atomic mass is 19.1. The smallest absolute Gasteiger partial charge is 0.229 e. The number of likely N-dealkylation sites (tertiary alicyclic amines) is 2. The van der Waals surface area contributed by atoms with Crippen molar-refractivity contribution in [2.24, 2.45) is 5.41 Å². The average Bonchev–Trinajstić information content (AvgIpc) is 3.23. The van der Waals surface area contributed by atoms with Crippen LogP contribution in [-0.2, 0) is 16.1 Å². The molecule has 42 heavy (non-hydrogen) atoms. The van der Waals surface area contributed by atoms with Crippen molar-refractivity contribution in [2.75, 3.05) is 45.2 Å². The van der Waals surface area contributed by atoms with Gasteiger partial charge in [0, 0.05) is 62.0 Å². The molecule has 10 nitrogen and oxygen atoms in total. The Hall–Kier alpha value is -3.41. The number of carbonyl (C=O) groups excluding carboxylic acids is 1. The zero-order valence-corrected chi connectivity index (χ0v) is 24.5. The summed E-state index contributed by atoms with van der Waals surface area (Å²) in [4.78, 5) is 39.1. The lowest BCUT2D eigenvalue weighted by Crippen LogP contribution is -2.47. The molecule has 0 saturated carbocycles. The van der Waals surface area contributed by atoms with Crippen molar-refractivity contribution in [1.29, 1.82) is 0 Å². The minimum atomic E-state index is -0.710. The second-order valence-corrected chi connectivity index (χ2v) is 12.3. The van der Waals surface area contributed by atoms with E-state index in [1.54, 1.807) is 18.2 Å². The molecule has 0 aliphatic carbocycles. The van der Waals surface area contributed by atoms with Crippen molar-refractivity contribution in [3.8, 4) is 11.3 Å². The molecule has 6 rings (SSSR count). The molecule has 3 atom stereocenters. The van der Waals surface area contributed by atoms with Crippen molar-refractivity contribution in [2.45, 2.75) is 64.3 Å². The molecular weight excluding hydrogens is 539 g/mol. The maximum absolute atomic E-state index is 15.1. The zero-order chi connectivity index (χ0) is 29.6. The quantitative estimate of drug-likeness (QED) is 0.459. The minimum Gasteiger partial charge on any atom is -0.389 e. The largest absolute Gasteiger partial charge is 0.389 e. The molecular formula is C31H39FN6O4. The number of aromatic nitrogens is 3. The number of pyridine rings is 1. The molecule has 0 bridgehead atoms. The number of anilines is 1. The van der Waals surface area contributed by atoms with Crippen LogP contribution in [0, 0.1) is 11.2 Å². The first kappa shape index (κ1) is 28.7. The molecule has 224 valence electrons. The van der Waals surface area contributed by atoms with Crippen molar-refractivity contribution < 1.29 is 19.0 Å². The van der Waals surface area contributed by atoms with E-state index in [-0.39, 0.29) is 47.1 Å². The van der Waals surface area contributed by atoms with Crippen molar-refractivity contribution in [3.05, 3.63) is 52.2 Å². The van der Waals surface area contributed by atoms with Gasteiger partial charge in [0.15, 0.2) is 11.2 Å². The summed E-state index contributed by atoms with van der Waals surface area (Å²) in [7, 11) is 1.88. The predicted molar refractivity (Wildman–Crippen MR) is 158 cm³/mol. The summed E-state index contributed by atoms with van der Waals surface area (Å²) in [5.41, 5.74) is 1.80. The van der Waals surface area contributed by atoms with Gasteiger partial charge in [-0.15, -0.1) is 0 Å². The van der Waals surface area contributed by atoms with E-state index in [9.17, 15) is 14.7 Å². The molecule has 1 amide bonds. The van der Waals surface area contributed by atoms with Gasteiger partial charge in [-0.25, -0.2) is 14.4 Å². The number of aliphatic hydroxyl groups excluding tert-OH is 1. The van der Waals surface area contributed by atoms with Gasteiger partial charge in [0.25, 0.3) is 0 Å². The van der Waals surface area contributed by atoms with Crippen molar-refractivity contribution in [3.63, 3.8) is 0 Å². The van der Waals surface area contributed by atoms with E-state index in [0.717, 1.165) is 44.2 Å². The number of hydrogen-bond donors (Lipinski definition) is 2. The van der Waals surface area contributed by atoms with Gasteiger partial charge in [0.05, 0.1) is 35.9 Å². The molecule has 3 saturated heterocycles. The first-order chi connectivity index (χ1) is 20.1. The van der Waals surface area contributed by atoms with E-state index < -0.39 is 11.9 Å². The van der Waals surface area contributed by atoms with Crippen LogP contribution in [-0.4, -0.2) is 87.4 Å². The van der Waals surface area contributed by atoms with Crippen molar-refractivity contribution in [1.82, 2.24) is 24.3 Å². The zero-order valence-electron chi connectivity index (χ0n) is 24.5. The summed E-state index contributed by atoms with van der Waals surface area (Å²) in [6.07, 6.45) is 3.71. The summed E-state index contributed by atoms with van der Waals surface area (Å²) < 4.78 is 22.5. The first-order valence-electron chi connectivity index (χ1n) is 14.9.